The van der Waals surface area contributed by atoms with Crippen molar-refractivity contribution in [1.29, 1.82) is 5.26 Å². The van der Waals surface area contributed by atoms with E-state index in [9.17, 15) is 4.39 Å². The Hall–Kier alpha value is -2.12. The SMILES string of the molecule is N#Cc1cccc(CNCc2ccoc2)c1F. The minimum Gasteiger partial charge on any atom is -0.472 e. The summed E-state index contributed by atoms with van der Waals surface area (Å²) in [4.78, 5) is 0. The van der Waals surface area contributed by atoms with Crippen molar-refractivity contribution in [3.05, 3.63) is 59.3 Å². The Morgan fingerprint density at radius 3 is 2.88 bits per heavy atom. The fourth-order valence-corrected chi connectivity index (χ4v) is 1.54. The van der Waals surface area contributed by atoms with Gasteiger partial charge in [0.15, 0.2) is 0 Å². The maximum Gasteiger partial charge on any atom is 0.145 e. The highest BCUT2D eigenvalue weighted by Gasteiger charge is 2.06. The van der Waals surface area contributed by atoms with Gasteiger partial charge >= 0.3 is 0 Å². The maximum atomic E-state index is 13.7. The van der Waals surface area contributed by atoms with Crippen molar-refractivity contribution in [3.8, 4) is 6.07 Å². The summed E-state index contributed by atoms with van der Waals surface area (Å²) in [5, 5.41) is 11.8. The second-order valence-electron chi connectivity index (χ2n) is 3.63. The summed E-state index contributed by atoms with van der Waals surface area (Å²) >= 11 is 0. The molecule has 0 spiro atoms. The first kappa shape index (κ1) is 11.4. The van der Waals surface area contributed by atoms with E-state index in [-0.39, 0.29) is 5.56 Å². The quantitative estimate of drug-likeness (QED) is 0.878. The van der Waals surface area contributed by atoms with E-state index in [0.29, 0.717) is 18.7 Å². The predicted octanol–water partition coefficient (Wildman–Crippen LogP) is 2.58. The molecule has 1 aromatic heterocycles. The molecule has 3 nitrogen and oxygen atoms in total. The van der Waals surface area contributed by atoms with Gasteiger partial charge in [-0.3, -0.25) is 0 Å². The third-order valence-electron chi connectivity index (χ3n) is 2.42. The molecular weight excluding hydrogens is 219 g/mol. The Bertz CT molecular complexity index is 529. The monoisotopic (exact) mass is 230 g/mol. The summed E-state index contributed by atoms with van der Waals surface area (Å²) in [7, 11) is 0. The summed E-state index contributed by atoms with van der Waals surface area (Å²) in [6.07, 6.45) is 3.23. The minimum atomic E-state index is -0.449. The molecule has 0 radical (unpaired) electrons. The summed E-state index contributed by atoms with van der Waals surface area (Å²) in [5.74, 6) is -0.449. The van der Waals surface area contributed by atoms with Crippen LogP contribution >= 0.6 is 0 Å². The Balaban J connectivity index is 1.98. The van der Waals surface area contributed by atoms with Crippen LogP contribution < -0.4 is 5.32 Å². The molecule has 0 saturated heterocycles. The van der Waals surface area contributed by atoms with Gasteiger partial charge in [-0.2, -0.15) is 5.26 Å². The molecule has 0 aliphatic heterocycles. The maximum absolute atomic E-state index is 13.7. The molecule has 0 bridgehead atoms. The van der Waals surface area contributed by atoms with Gasteiger partial charge in [0.2, 0.25) is 0 Å². The van der Waals surface area contributed by atoms with E-state index < -0.39 is 5.82 Å². The van der Waals surface area contributed by atoms with Crippen LogP contribution in [0.1, 0.15) is 16.7 Å². The molecule has 17 heavy (non-hydrogen) atoms. The lowest BCUT2D eigenvalue weighted by Crippen LogP contribution is -2.13. The van der Waals surface area contributed by atoms with E-state index in [1.54, 1.807) is 24.7 Å². The second-order valence-corrected chi connectivity index (χ2v) is 3.63. The highest BCUT2D eigenvalue weighted by Crippen LogP contribution is 2.12. The van der Waals surface area contributed by atoms with Crippen LogP contribution in [0.2, 0.25) is 0 Å². The van der Waals surface area contributed by atoms with Crippen molar-refractivity contribution < 1.29 is 8.81 Å². The van der Waals surface area contributed by atoms with Crippen LogP contribution in [0.5, 0.6) is 0 Å². The van der Waals surface area contributed by atoms with Crippen LogP contribution in [0.25, 0.3) is 0 Å². The number of rotatable bonds is 4. The van der Waals surface area contributed by atoms with E-state index in [4.69, 9.17) is 9.68 Å². The zero-order chi connectivity index (χ0) is 12.1. The smallest absolute Gasteiger partial charge is 0.145 e. The highest BCUT2D eigenvalue weighted by atomic mass is 19.1. The molecule has 0 fully saturated rings. The molecular formula is C13H11FN2O. The Labute approximate surface area is 98.5 Å². The van der Waals surface area contributed by atoms with E-state index >= 15 is 0 Å². The lowest BCUT2D eigenvalue weighted by atomic mass is 10.1. The highest BCUT2D eigenvalue weighted by molar-refractivity contribution is 5.34. The van der Waals surface area contributed by atoms with Gasteiger partial charge in [0.05, 0.1) is 18.1 Å². The van der Waals surface area contributed by atoms with Gasteiger partial charge in [0.1, 0.15) is 11.9 Å². The lowest BCUT2D eigenvalue weighted by molar-refractivity contribution is 0.557. The molecule has 0 aliphatic rings. The van der Waals surface area contributed by atoms with Gasteiger partial charge in [-0.25, -0.2) is 4.39 Å². The number of nitriles is 1. The van der Waals surface area contributed by atoms with Gasteiger partial charge < -0.3 is 9.73 Å². The first-order chi connectivity index (χ1) is 8.31. The molecule has 0 saturated carbocycles. The van der Waals surface area contributed by atoms with Crippen molar-refractivity contribution >= 4 is 0 Å². The van der Waals surface area contributed by atoms with E-state index in [1.807, 2.05) is 12.1 Å². The van der Waals surface area contributed by atoms with Crippen molar-refractivity contribution in [2.45, 2.75) is 13.1 Å². The van der Waals surface area contributed by atoms with Crippen molar-refractivity contribution in [1.82, 2.24) is 5.32 Å². The number of hydrogen-bond acceptors (Lipinski definition) is 3. The largest absolute Gasteiger partial charge is 0.472 e. The topological polar surface area (TPSA) is 49.0 Å². The lowest BCUT2D eigenvalue weighted by Gasteiger charge is -2.05. The number of halogens is 1. The predicted molar refractivity (Wildman–Crippen MR) is 60.4 cm³/mol. The Kier molecular flexibility index (Phi) is 3.53. The van der Waals surface area contributed by atoms with Crippen molar-refractivity contribution in [3.63, 3.8) is 0 Å². The third-order valence-corrected chi connectivity index (χ3v) is 2.42. The standard InChI is InChI=1S/C13H11FN2O/c14-13-11(6-15)2-1-3-12(13)8-16-7-10-4-5-17-9-10/h1-5,9,16H,7-8H2. The van der Waals surface area contributed by atoms with Gasteiger partial charge in [0, 0.05) is 24.2 Å². The fourth-order valence-electron chi connectivity index (χ4n) is 1.54. The molecule has 1 N–H and O–H groups in total. The van der Waals surface area contributed by atoms with Crippen LogP contribution in [-0.2, 0) is 13.1 Å². The average molecular weight is 230 g/mol. The molecule has 1 aromatic carbocycles. The molecule has 86 valence electrons. The van der Waals surface area contributed by atoms with E-state index in [0.717, 1.165) is 5.56 Å². The molecule has 0 unspecified atom stereocenters. The molecule has 1 heterocycles. The van der Waals surface area contributed by atoms with Crippen LogP contribution in [0.3, 0.4) is 0 Å². The zero-order valence-corrected chi connectivity index (χ0v) is 9.11. The van der Waals surface area contributed by atoms with Gasteiger partial charge in [-0.15, -0.1) is 0 Å². The van der Waals surface area contributed by atoms with E-state index in [2.05, 4.69) is 5.32 Å². The summed E-state index contributed by atoms with van der Waals surface area (Å²) in [5.41, 5.74) is 1.57. The second kappa shape index (κ2) is 5.28. The summed E-state index contributed by atoms with van der Waals surface area (Å²) in [6.45, 7) is 0.985. The Morgan fingerprint density at radius 2 is 2.18 bits per heavy atom. The van der Waals surface area contributed by atoms with E-state index in [1.165, 1.54) is 6.07 Å². The van der Waals surface area contributed by atoms with Gasteiger partial charge in [-0.05, 0) is 12.1 Å². The number of hydrogen-bond donors (Lipinski definition) is 1. The van der Waals surface area contributed by atoms with Gasteiger partial charge in [-0.1, -0.05) is 12.1 Å². The molecule has 0 amide bonds. The first-order valence-corrected chi connectivity index (χ1v) is 5.20. The first-order valence-electron chi connectivity index (χ1n) is 5.20. The average Bonchev–Trinajstić information content (AvgIpc) is 2.84. The number of benzene rings is 1. The van der Waals surface area contributed by atoms with Crippen LogP contribution in [-0.4, -0.2) is 0 Å². The minimum absolute atomic E-state index is 0.0765. The summed E-state index contributed by atoms with van der Waals surface area (Å²) < 4.78 is 18.6. The van der Waals surface area contributed by atoms with Crippen LogP contribution in [0, 0.1) is 17.1 Å². The molecule has 2 rings (SSSR count). The number of furan rings is 1. The molecule has 2 aromatic rings. The third kappa shape index (κ3) is 2.71. The molecule has 0 aliphatic carbocycles. The fraction of sp³-hybridized carbons (Fsp3) is 0.154. The molecule has 4 heteroatoms. The number of nitrogens with one attached hydrogen (secondary N) is 1. The van der Waals surface area contributed by atoms with Gasteiger partial charge in [0.25, 0.3) is 0 Å². The summed E-state index contributed by atoms with van der Waals surface area (Å²) in [6, 6.07) is 8.47. The van der Waals surface area contributed by atoms with Crippen molar-refractivity contribution in [2.24, 2.45) is 0 Å². The Morgan fingerprint density at radius 1 is 1.29 bits per heavy atom. The van der Waals surface area contributed by atoms with Crippen LogP contribution in [0.15, 0.2) is 41.2 Å². The zero-order valence-electron chi connectivity index (χ0n) is 9.11. The normalized spacial score (nSPS) is 10.1. The molecule has 0 atom stereocenters. The van der Waals surface area contributed by atoms with Crippen LogP contribution in [0.4, 0.5) is 4.39 Å². The number of nitrogens with zero attached hydrogens (tertiary/aromatic N) is 1. The van der Waals surface area contributed by atoms with Crippen molar-refractivity contribution in [2.75, 3.05) is 0 Å².